The van der Waals surface area contributed by atoms with Crippen molar-refractivity contribution >= 4 is 29.9 Å². The van der Waals surface area contributed by atoms with Crippen LogP contribution in [0.2, 0.25) is 0 Å². The molecule has 4 nitrogen and oxygen atoms in total. The average molecular weight is 376 g/mol. The Hall–Kier alpha value is -0.980. The molecule has 1 rings (SSSR count). The minimum absolute atomic E-state index is 0. The molecule has 0 fully saturated rings. The van der Waals surface area contributed by atoms with Crippen LogP contribution in [0.25, 0.3) is 0 Å². The molecule has 0 radical (unpaired) electrons. The fourth-order valence-corrected chi connectivity index (χ4v) is 1.58. The first-order valence-electron chi connectivity index (χ1n) is 6.61. The number of guanidine groups is 1. The van der Waals surface area contributed by atoms with Crippen molar-refractivity contribution in [3.63, 3.8) is 0 Å². The van der Waals surface area contributed by atoms with Crippen LogP contribution in [0, 0.1) is 0 Å². The Kier molecular flexibility index (Phi) is 11.5. The zero-order valence-electron chi connectivity index (χ0n) is 11.8. The van der Waals surface area contributed by atoms with Crippen molar-refractivity contribution in [2.24, 2.45) is 4.99 Å². The third-order valence-corrected chi connectivity index (χ3v) is 2.47. The van der Waals surface area contributed by atoms with Gasteiger partial charge in [-0.25, -0.2) is 0 Å². The van der Waals surface area contributed by atoms with E-state index in [1.165, 1.54) is 0 Å². The molecule has 108 valence electrons. The van der Waals surface area contributed by atoms with Gasteiger partial charge in [-0.3, -0.25) is 4.99 Å². The van der Waals surface area contributed by atoms with Gasteiger partial charge in [0.05, 0.1) is 0 Å². The summed E-state index contributed by atoms with van der Waals surface area (Å²) in [7, 11) is 0. The van der Waals surface area contributed by atoms with E-state index < -0.39 is 0 Å². The van der Waals surface area contributed by atoms with Crippen molar-refractivity contribution < 1.29 is 0 Å². The zero-order valence-corrected chi connectivity index (χ0v) is 14.1. The lowest BCUT2D eigenvalue weighted by molar-refractivity contribution is 0.666. The summed E-state index contributed by atoms with van der Waals surface area (Å²) in [6, 6.07) is 4.08. The molecule has 1 aromatic heterocycles. The van der Waals surface area contributed by atoms with E-state index in [0.29, 0.717) is 0 Å². The molecule has 0 aliphatic rings. The number of hydrogen-bond donors (Lipinski definition) is 2. The minimum Gasteiger partial charge on any atom is -0.357 e. The van der Waals surface area contributed by atoms with Crippen LogP contribution in [0.4, 0.5) is 0 Å². The molecule has 0 spiro atoms. The highest BCUT2D eigenvalue weighted by molar-refractivity contribution is 14.0. The fourth-order valence-electron chi connectivity index (χ4n) is 1.58. The Labute approximate surface area is 133 Å². The van der Waals surface area contributed by atoms with Crippen LogP contribution in [0.5, 0.6) is 0 Å². The number of allylic oxidation sites excluding steroid dienone is 1. The van der Waals surface area contributed by atoms with E-state index in [2.05, 4.69) is 51.7 Å². The maximum atomic E-state index is 4.50. The monoisotopic (exact) mass is 376 g/mol. The molecule has 1 heterocycles. The number of nitrogens with one attached hydrogen (secondary N) is 2. The van der Waals surface area contributed by atoms with Gasteiger partial charge >= 0.3 is 0 Å². The maximum absolute atomic E-state index is 4.50. The molecule has 0 atom stereocenters. The van der Waals surface area contributed by atoms with Gasteiger partial charge in [-0.05, 0) is 32.4 Å². The van der Waals surface area contributed by atoms with Gasteiger partial charge in [-0.2, -0.15) is 0 Å². The van der Waals surface area contributed by atoms with Gasteiger partial charge in [0.15, 0.2) is 5.96 Å². The lowest BCUT2D eigenvalue weighted by atomic mass is 10.4. The summed E-state index contributed by atoms with van der Waals surface area (Å²) in [6.07, 6.45) is 9.31. The molecule has 5 heteroatoms. The largest absolute Gasteiger partial charge is 0.357 e. The second-order valence-electron chi connectivity index (χ2n) is 3.97. The lowest BCUT2D eigenvalue weighted by Crippen LogP contribution is -2.38. The van der Waals surface area contributed by atoms with Gasteiger partial charge < -0.3 is 15.2 Å². The van der Waals surface area contributed by atoms with E-state index in [0.717, 1.165) is 38.6 Å². The predicted molar refractivity (Wildman–Crippen MR) is 93.3 cm³/mol. The molecular weight excluding hydrogens is 351 g/mol. The van der Waals surface area contributed by atoms with Gasteiger partial charge in [0.2, 0.25) is 0 Å². The average Bonchev–Trinajstić information content (AvgIpc) is 2.87. The molecule has 0 bridgehead atoms. The highest BCUT2D eigenvalue weighted by Crippen LogP contribution is 1.88. The van der Waals surface area contributed by atoms with E-state index in [-0.39, 0.29) is 24.0 Å². The fraction of sp³-hybridized carbons (Fsp3) is 0.500. The molecule has 2 N–H and O–H groups in total. The summed E-state index contributed by atoms with van der Waals surface area (Å²) in [4.78, 5) is 4.50. The second-order valence-corrected chi connectivity index (χ2v) is 3.97. The van der Waals surface area contributed by atoms with Gasteiger partial charge in [0.25, 0.3) is 0 Å². The number of aromatic nitrogens is 1. The molecule has 0 aliphatic carbocycles. The third kappa shape index (κ3) is 8.69. The van der Waals surface area contributed by atoms with Crippen molar-refractivity contribution in [3.05, 3.63) is 36.7 Å². The predicted octanol–water partition coefficient (Wildman–Crippen LogP) is 2.63. The van der Waals surface area contributed by atoms with E-state index in [4.69, 9.17) is 0 Å². The van der Waals surface area contributed by atoms with Crippen LogP contribution >= 0.6 is 24.0 Å². The Morgan fingerprint density at radius 2 is 2.00 bits per heavy atom. The van der Waals surface area contributed by atoms with Crippen molar-refractivity contribution in [1.82, 2.24) is 15.2 Å². The zero-order chi connectivity index (χ0) is 13.1. The summed E-state index contributed by atoms with van der Waals surface area (Å²) >= 11 is 0. The number of nitrogens with zero attached hydrogens (tertiary/aromatic N) is 2. The van der Waals surface area contributed by atoms with Gasteiger partial charge in [-0.1, -0.05) is 12.2 Å². The molecule has 0 aliphatic heterocycles. The molecule has 0 saturated carbocycles. The van der Waals surface area contributed by atoms with E-state index in [9.17, 15) is 0 Å². The molecule has 1 aromatic rings. The van der Waals surface area contributed by atoms with Crippen LogP contribution in [-0.2, 0) is 6.54 Å². The van der Waals surface area contributed by atoms with E-state index >= 15 is 0 Å². The van der Waals surface area contributed by atoms with Gasteiger partial charge in [0, 0.05) is 38.6 Å². The molecule has 19 heavy (non-hydrogen) atoms. The maximum Gasteiger partial charge on any atom is 0.191 e. The van der Waals surface area contributed by atoms with Gasteiger partial charge in [0.1, 0.15) is 0 Å². The SMILES string of the molecule is C/C=C/CCN=C(NCC)NCCn1cccc1.I. The summed E-state index contributed by atoms with van der Waals surface area (Å²) in [5, 5.41) is 6.57. The first-order valence-corrected chi connectivity index (χ1v) is 6.61. The number of hydrogen-bond acceptors (Lipinski definition) is 1. The summed E-state index contributed by atoms with van der Waals surface area (Å²) in [5.74, 6) is 0.897. The number of rotatable bonds is 7. The Bertz CT molecular complexity index is 358. The Balaban J connectivity index is 0.00000324. The topological polar surface area (TPSA) is 41.4 Å². The first-order chi connectivity index (χ1) is 8.86. The highest BCUT2D eigenvalue weighted by Gasteiger charge is 1.95. The summed E-state index contributed by atoms with van der Waals surface area (Å²) in [6.45, 7) is 7.65. The molecule has 0 aromatic carbocycles. The van der Waals surface area contributed by atoms with Crippen molar-refractivity contribution in [2.45, 2.75) is 26.8 Å². The molecule has 0 saturated heterocycles. The minimum atomic E-state index is 0. The van der Waals surface area contributed by atoms with Crippen molar-refractivity contribution in [2.75, 3.05) is 19.6 Å². The highest BCUT2D eigenvalue weighted by atomic mass is 127. The van der Waals surface area contributed by atoms with Crippen LogP contribution < -0.4 is 10.6 Å². The van der Waals surface area contributed by atoms with Crippen LogP contribution in [0.3, 0.4) is 0 Å². The van der Waals surface area contributed by atoms with Crippen molar-refractivity contribution in [1.29, 1.82) is 0 Å². The van der Waals surface area contributed by atoms with E-state index in [1.807, 2.05) is 19.1 Å². The normalized spacial score (nSPS) is 11.4. The standard InChI is InChI=1S/C14H24N4.HI/c1-3-5-6-9-16-14(15-4-2)17-10-13-18-11-7-8-12-18;/h3,5,7-8,11-12H,4,6,9-10,13H2,1-2H3,(H2,15,16,17);1H/b5-3+;. The quantitative estimate of drug-likeness (QED) is 0.253. The van der Waals surface area contributed by atoms with Crippen LogP contribution in [0.1, 0.15) is 20.3 Å². The number of halogens is 1. The van der Waals surface area contributed by atoms with E-state index in [1.54, 1.807) is 0 Å². The summed E-state index contributed by atoms with van der Waals surface area (Å²) in [5.41, 5.74) is 0. The summed E-state index contributed by atoms with van der Waals surface area (Å²) < 4.78 is 2.15. The second kappa shape index (κ2) is 12.1. The van der Waals surface area contributed by atoms with Crippen LogP contribution in [-0.4, -0.2) is 30.2 Å². The first kappa shape index (κ1) is 18.0. The smallest absolute Gasteiger partial charge is 0.191 e. The van der Waals surface area contributed by atoms with Crippen LogP contribution in [0.15, 0.2) is 41.7 Å². The Morgan fingerprint density at radius 3 is 2.63 bits per heavy atom. The molecule has 0 amide bonds. The number of aliphatic imine (C=N–C) groups is 1. The lowest BCUT2D eigenvalue weighted by Gasteiger charge is -2.11. The molecule has 0 unspecified atom stereocenters. The molecular formula is C14H25IN4. The van der Waals surface area contributed by atoms with Crippen molar-refractivity contribution in [3.8, 4) is 0 Å². The Morgan fingerprint density at radius 1 is 1.26 bits per heavy atom. The third-order valence-electron chi connectivity index (χ3n) is 2.47. The van der Waals surface area contributed by atoms with Gasteiger partial charge in [-0.15, -0.1) is 24.0 Å².